The van der Waals surface area contributed by atoms with Crippen LogP contribution in [0.15, 0.2) is 36.7 Å². The number of aryl methyl sites for hydroxylation is 2. The molecule has 1 aromatic carbocycles. The van der Waals surface area contributed by atoms with Gasteiger partial charge in [-0.3, -0.25) is 4.79 Å². The Bertz CT molecular complexity index is 825. The van der Waals surface area contributed by atoms with Crippen molar-refractivity contribution >= 4 is 23.1 Å². The zero-order valence-corrected chi connectivity index (χ0v) is 14.2. The van der Waals surface area contributed by atoms with Crippen LogP contribution in [0.3, 0.4) is 0 Å². The fourth-order valence-corrected chi connectivity index (χ4v) is 2.76. The molecule has 7 nitrogen and oxygen atoms in total. The van der Waals surface area contributed by atoms with E-state index in [9.17, 15) is 4.79 Å². The van der Waals surface area contributed by atoms with Crippen molar-refractivity contribution in [3.05, 3.63) is 53.1 Å². The molecular weight excluding hydrogens is 326 g/mol. The molecule has 0 fully saturated rings. The topological polar surface area (TPSA) is 81.9 Å². The average Bonchev–Trinajstić information content (AvgIpc) is 3.23. The lowest BCUT2D eigenvalue weighted by Crippen LogP contribution is -2.12. The molecular formula is C16H17N5O2S. The van der Waals surface area contributed by atoms with Crippen LogP contribution in [0.4, 0.5) is 5.69 Å². The summed E-state index contributed by atoms with van der Waals surface area (Å²) in [4.78, 5) is 17.0. The van der Waals surface area contributed by atoms with E-state index in [1.807, 2.05) is 36.9 Å². The van der Waals surface area contributed by atoms with Gasteiger partial charge in [0.1, 0.15) is 23.1 Å². The predicted molar refractivity (Wildman–Crippen MR) is 91.2 cm³/mol. The van der Waals surface area contributed by atoms with Gasteiger partial charge in [0.15, 0.2) is 0 Å². The first-order chi connectivity index (χ1) is 11.7. The van der Waals surface area contributed by atoms with Crippen molar-refractivity contribution in [1.82, 2.24) is 19.1 Å². The zero-order chi connectivity index (χ0) is 16.9. The van der Waals surface area contributed by atoms with Crippen LogP contribution in [0.25, 0.3) is 0 Å². The Labute approximate surface area is 143 Å². The van der Waals surface area contributed by atoms with Crippen LogP contribution >= 0.6 is 11.5 Å². The summed E-state index contributed by atoms with van der Waals surface area (Å²) < 4.78 is 11.4. The number of hydrogen-bond acceptors (Lipinski definition) is 6. The van der Waals surface area contributed by atoms with Gasteiger partial charge in [-0.25, -0.2) is 4.98 Å². The summed E-state index contributed by atoms with van der Waals surface area (Å²) in [5.41, 5.74) is 1.41. The summed E-state index contributed by atoms with van der Waals surface area (Å²) in [6.45, 7) is 2.34. The van der Waals surface area contributed by atoms with Gasteiger partial charge >= 0.3 is 0 Å². The third-order valence-electron chi connectivity index (χ3n) is 3.50. The molecule has 3 aromatic rings. The number of hydrogen-bond donors (Lipinski definition) is 1. The number of imidazole rings is 1. The summed E-state index contributed by atoms with van der Waals surface area (Å²) >= 11 is 1.11. The zero-order valence-electron chi connectivity index (χ0n) is 13.4. The van der Waals surface area contributed by atoms with Crippen LogP contribution in [0.5, 0.6) is 5.75 Å². The van der Waals surface area contributed by atoms with Crippen molar-refractivity contribution in [2.45, 2.75) is 20.0 Å². The molecule has 1 N–H and O–H groups in total. The number of benzene rings is 1. The molecule has 0 bridgehead atoms. The number of carbonyl (C=O) groups excluding carboxylic acids is 1. The molecule has 3 rings (SSSR count). The Morgan fingerprint density at radius 1 is 1.33 bits per heavy atom. The summed E-state index contributed by atoms with van der Waals surface area (Å²) in [6, 6.07) is 7.21. The van der Waals surface area contributed by atoms with Gasteiger partial charge in [0.25, 0.3) is 5.91 Å². The van der Waals surface area contributed by atoms with Gasteiger partial charge in [0, 0.05) is 25.1 Å². The van der Waals surface area contributed by atoms with Crippen molar-refractivity contribution in [2.24, 2.45) is 7.05 Å². The number of ether oxygens (including phenoxy) is 1. The van der Waals surface area contributed by atoms with Crippen LogP contribution in [0, 0.1) is 0 Å². The van der Waals surface area contributed by atoms with Gasteiger partial charge in [-0.2, -0.15) is 0 Å². The molecule has 124 valence electrons. The lowest BCUT2D eigenvalue weighted by Gasteiger charge is -2.08. The maximum Gasteiger partial charge on any atom is 0.269 e. The third-order valence-corrected chi connectivity index (χ3v) is 4.26. The smallest absolute Gasteiger partial charge is 0.269 e. The maximum atomic E-state index is 12.2. The minimum atomic E-state index is -0.191. The number of anilines is 1. The molecule has 0 spiro atoms. The van der Waals surface area contributed by atoms with E-state index < -0.39 is 0 Å². The highest BCUT2D eigenvalue weighted by molar-refractivity contribution is 7.08. The first-order valence-corrected chi connectivity index (χ1v) is 8.26. The van der Waals surface area contributed by atoms with Crippen molar-refractivity contribution in [3.63, 3.8) is 0 Å². The molecule has 0 saturated carbocycles. The van der Waals surface area contributed by atoms with Gasteiger partial charge in [-0.1, -0.05) is 11.4 Å². The van der Waals surface area contributed by atoms with Crippen molar-refractivity contribution in [2.75, 3.05) is 5.32 Å². The maximum absolute atomic E-state index is 12.2. The summed E-state index contributed by atoms with van der Waals surface area (Å²) in [7, 11) is 1.92. The Morgan fingerprint density at radius 3 is 2.79 bits per heavy atom. The molecule has 8 heteroatoms. The van der Waals surface area contributed by atoms with E-state index in [1.165, 1.54) is 0 Å². The van der Waals surface area contributed by atoms with Gasteiger partial charge in [0.2, 0.25) is 0 Å². The highest BCUT2D eigenvalue weighted by Crippen LogP contribution is 2.19. The van der Waals surface area contributed by atoms with E-state index in [0.29, 0.717) is 35.0 Å². The molecule has 0 aliphatic heterocycles. The number of aromatic nitrogens is 4. The first-order valence-electron chi connectivity index (χ1n) is 7.49. The van der Waals surface area contributed by atoms with Crippen LogP contribution in [-0.2, 0) is 20.1 Å². The quantitative estimate of drug-likeness (QED) is 0.744. The molecule has 2 heterocycles. The lowest BCUT2D eigenvalue weighted by molar-refractivity contribution is 0.102. The van der Waals surface area contributed by atoms with E-state index >= 15 is 0 Å². The molecule has 0 aliphatic rings. The Hall–Kier alpha value is -2.74. The van der Waals surface area contributed by atoms with Gasteiger partial charge < -0.3 is 14.6 Å². The Balaban J connectivity index is 1.60. The molecule has 0 radical (unpaired) electrons. The number of nitrogens with zero attached hydrogens (tertiary/aromatic N) is 4. The second-order valence-corrected chi connectivity index (χ2v) is 5.88. The van der Waals surface area contributed by atoms with Crippen LogP contribution in [0.1, 0.15) is 28.1 Å². The summed E-state index contributed by atoms with van der Waals surface area (Å²) in [6.07, 6.45) is 4.28. The predicted octanol–water partition coefficient (Wildman–Crippen LogP) is 2.67. The minimum absolute atomic E-state index is 0.191. The molecule has 24 heavy (non-hydrogen) atoms. The fourth-order valence-electron chi connectivity index (χ4n) is 2.12. The van der Waals surface area contributed by atoms with E-state index in [0.717, 1.165) is 17.4 Å². The fraction of sp³-hybridized carbons (Fsp3) is 0.250. The Kier molecular flexibility index (Phi) is 4.85. The first kappa shape index (κ1) is 16.1. The average molecular weight is 343 g/mol. The normalized spacial score (nSPS) is 10.6. The second kappa shape index (κ2) is 7.22. The van der Waals surface area contributed by atoms with E-state index in [2.05, 4.69) is 19.9 Å². The van der Waals surface area contributed by atoms with Gasteiger partial charge in [-0.05, 0) is 42.2 Å². The molecule has 0 atom stereocenters. The summed E-state index contributed by atoms with van der Waals surface area (Å²) in [5.74, 6) is 1.37. The number of nitrogens with one attached hydrogen (secondary N) is 1. The van der Waals surface area contributed by atoms with Crippen LogP contribution < -0.4 is 10.1 Å². The molecule has 0 aliphatic carbocycles. The molecule has 0 saturated heterocycles. The SMILES string of the molecule is CCc1nnsc1C(=O)Nc1ccc(OCc2nccn2C)cc1. The largest absolute Gasteiger partial charge is 0.486 e. The van der Waals surface area contributed by atoms with Crippen molar-refractivity contribution in [3.8, 4) is 5.75 Å². The second-order valence-electron chi connectivity index (χ2n) is 5.12. The van der Waals surface area contributed by atoms with Crippen LogP contribution in [-0.4, -0.2) is 25.0 Å². The standard InChI is InChI=1S/C16H17N5O2S/c1-3-13-15(24-20-19-13)16(22)18-11-4-6-12(7-5-11)23-10-14-17-8-9-21(14)2/h4-9H,3,10H2,1-2H3,(H,18,22). The van der Waals surface area contributed by atoms with Crippen molar-refractivity contribution < 1.29 is 9.53 Å². The number of rotatable bonds is 6. The van der Waals surface area contributed by atoms with Crippen LogP contribution in [0.2, 0.25) is 0 Å². The Morgan fingerprint density at radius 2 is 2.12 bits per heavy atom. The third kappa shape index (κ3) is 3.60. The summed E-state index contributed by atoms with van der Waals surface area (Å²) in [5, 5.41) is 6.79. The van der Waals surface area contributed by atoms with E-state index in [1.54, 1.807) is 18.3 Å². The number of carbonyl (C=O) groups is 1. The van der Waals surface area contributed by atoms with Gasteiger partial charge in [0.05, 0.1) is 5.69 Å². The molecule has 2 aromatic heterocycles. The lowest BCUT2D eigenvalue weighted by atomic mass is 10.2. The highest BCUT2D eigenvalue weighted by Gasteiger charge is 2.15. The van der Waals surface area contributed by atoms with Gasteiger partial charge in [-0.15, -0.1) is 5.10 Å². The molecule has 1 amide bonds. The van der Waals surface area contributed by atoms with E-state index in [4.69, 9.17) is 4.74 Å². The molecule has 0 unspecified atom stereocenters. The minimum Gasteiger partial charge on any atom is -0.486 e. The highest BCUT2D eigenvalue weighted by atomic mass is 32.1. The van der Waals surface area contributed by atoms with Crippen molar-refractivity contribution in [1.29, 1.82) is 0 Å². The van der Waals surface area contributed by atoms with E-state index in [-0.39, 0.29) is 5.91 Å². The monoisotopic (exact) mass is 343 g/mol. The number of amides is 1.